The van der Waals surface area contributed by atoms with Gasteiger partial charge in [-0.2, -0.15) is 0 Å². The number of rotatable bonds is 5. The van der Waals surface area contributed by atoms with Crippen LogP contribution in [0.3, 0.4) is 0 Å². The molecule has 0 atom stereocenters. The first kappa shape index (κ1) is 17.8. The first-order valence-electron chi connectivity index (χ1n) is 9.06. The molecule has 0 fully saturated rings. The van der Waals surface area contributed by atoms with Gasteiger partial charge in [-0.3, -0.25) is 0 Å². The number of fused-ring (bicyclic) bond motifs is 3. The molecule has 0 bridgehead atoms. The zero-order valence-electron chi connectivity index (χ0n) is 15.3. The third kappa shape index (κ3) is 2.55. The fourth-order valence-electron chi connectivity index (χ4n) is 3.86. The van der Waals surface area contributed by atoms with E-state index in [0.717, 1.165) is 22.3 Å². The second-order valence-electron chi connectivity index (χ2n) is 6.54. The SMILES string of the molecule is CCOC(=O)C1(Nc2ccccc2C(=O)O)c2ccccc2-c2ccccc21. The molecule has 0 saturated carbocycles. The molecule has 3 aromatic rings. The summed E-state index contributed by atoms with van der Waals surface area (Å²) in [7, 11) is 0. The minimum absolute atomic E-state index is 0.0908. The van der Waals surface area contributed by atoms with Gasteiger partial charge >= 0.3 is 11.9 Å². The Hall–Kier alpha value is -3.60. The normalized spacial score (nSPS) is 13.3. The smallest absolute Gasteiger partial charge is 0.341 e. The van der Waals surface area contributed by atoms with Gasteiger partial charge in [0.2, 0.25) is 0 Å². The van der Waals surface area contributed by atoms with E-state index in [1.807, 2.05) is 48.5 Å². The first-order valence-corrected chi connectivity index (χ1v) is 9.06. The van der Waals surface area contributed by atoms with Crippen LogP contribution in [0.2, 0.25) is 0 Å². The largest absolute Gasteiger partial charge is 0.478 e. The zero-order valence-corrected chi connectivity index (χ0v) is 15.3. The van der Waals surface area contributed by atoms with Crippen LogP contribution < -0.4 is 5.32 Å². The lowest BCUT2D eigenvalue weighted by molar-refractivity contribution is -0.147. The molecule has 2 N–H and O–H groups in total. The summed E-state index contributed by atoms with van der Waals surface area (Å²) >= 11 is 0. The number of carboxylic acid groups (broad SMARTS) is 1. The molecule has 0 saturated heterocycles. The molecule has 0 radical (unpaired) electrons. The second kappa shape index (κ2) is 6.85. The summed E-state index contributed by atoms with van der Waals surface area (Å²) in [5, 5.41) is 12.8. The summed E-state index contributed by atoms with van der Waals surface area (Å²) in [5.41, 5.74) is 2.46. The van der Waals surface area contributed by atoms with E-state index in [1.54, 1.807) is 25.1 Å². The van der Waals surface area contributed by atoms with E-state index in [1.165, 1.54) is 6.07 Å². The van der Waals surface area contributed by atoms with Crippen LogP contribution in [-0.2, 0) is 15.1 Å². The number of anilines is 1. The van der Waals surface area contributed by atoms with Gasteiger partial charge in [-0.1, -0.05) is 60.7 Å². The number of para-hydroxylation sites is 1. The number of carbonyl (C=O) groups is 2. The Morgan fingerprint density at radius 2 is 1.43 bits per heavy atom. The van der Waals surface area contributed by atoms with Crippen molar-refractivity contribution >= 4 is 17.6 Å². The summed E-state index contributed by atoms with van der Waals surface area (Å²) in [6.07, 6.45) is 0. The van der Waals surface area contributed by atoms with Crippen LogP contribution in [0.5, 0.6) is 0 Å². The molecule has 1 aliphatic carbocycles. The fourth-order valence-corrected chi connectivity index (χ4v) is 3.86. The monoisotopic (exact) mass is 373 g/mol. The highest BCUT2D eigenvalue weighted by Gasteiger charge is 2.51. The molecule has 0 spiro atoms. The average molecular weight is 373 g/mol. The van der Waals surface area contributed by atoms with Gasteiger partial charge in [0.05, 0.1) is 17.9 Å². The van der Waals surface area contributed by atoms with Crippen molar-refractivity contribution in [1.82, 2.24) is 0 Å². The Labute approximate surface area is 162 Å². The number of nitrogens with one attached hydrogen (secondary N) is 1. The van der Waals surface area contributed by atoms with Gasteiger partial charge in [0.15, 0.2) is 5.54 Å². The van der Waals surface area contributed by atoms with Gasteiger partial charge in [0.25, 0.3) is 0 Å². The first-order chi connectivity index (χ1) is 13.6. The Bertz CT molecular complexity index is 1030. The van der Waals surface area contributed by atoms with Gasteiger partial charge < -0.3 is 15.2 Å². The van der Waals surface area contributed by atoms with Crippen molar-refractivity contribution in [3.05, 3.63) is 89.5 Å². The van der Waals surface area contributed by atoms with E-state index in [0.29, 0.717) is 5.69 Å². The minimum Gasteiger partial charge on any atom is -0.478 e. The highest BCUT2D eigenvalue weighted by molar-refractivity contribution is 6.02. The molecular weight excluding hydrogens is 354 g/mol. The predicted molar refractivity (Wildman–Crippen MR) is 106 cm³/mol. The van der Waals surface area contributed by atoms with Crippen molar-refractivity contribution in [2.75, 3.05) is 11.9 Å². The second-order valence-corrected chi connectivity index (χ2v) is 6.54. The van der Waals surface area contributed by atoms with E-state index in [9.17, 15) is 14.7 Å². The van der Waals surface area contributed by atoms with Crippen LogP contribution in [0.4, 0.5) is 5.69 Å². The summed E-state index contributed by atoms with van der Waals surface area (Å²) in [6, 6.07) is 21.8. The van der Waals surface area contributed by atoms with Crippen LogP contribution >= 0.6 is 0 Å². The number of hydrogen-bond acceptors (Lipinski definition) is 4. The number of ether oxygens (including phenoxy) is 1. The number of carboxylic acids is 1. The molecule has 0 aliphatic heterocycles. The number of aromatic carboxylic acids is 1. The summed E-state index contributed by atoms with van der Waals surface area (Å²) in [4.78, 5) is 25.1. The third-order valence-corrected chi connectivity index (χ3v) is 5.01. The highest BCUT2D eigenvalue weighted by Crippen LogP contribution is 2.50. The quantitative estimate of drug-likeness (QED) is 0.653. The van der Waals surface area contributed by atoms with Gasteiger partial charge in [-0.05, 0) is 30.2 Å². The number of hydrogen-bond donors (Lipinski definition) is 2. The molecule has 0 amide bonds. The lowest BCUT2D eigenvalue weighted by Gasteiger charge is -2.32. The van der Waals surface area contributed by atoms with Crippen LogP contribution in [-0.4, -0.2) is 23.7 Å². The summed E-state index contributed by atoms with van der Waals surface area (Å²) in [5.74, 6) is -1.53. The maximum atomic E-state index is 13.3. The molecule has 140 valence electrons. The average Bonchev–Trinajstić information content (AvgIpc) is 3.00. The summed E-state index contributed by atoms with van der Waals surface area (Å²) in [6.45, 7) is 1.97. The van der Waals surface area contributed by atoms with Crippen molar-refractivity contribution < 1.29 is 19.4 Å². The van der Waals surface area contributed by atoms with Crippen LogP contribution in [0.25, 0.3) is 11.1 Å². The Morgan fingerprint density at radius 3 is 2.00 bits per heavy atom. The van der Waals surface area contributed by atoms with Crippen LogP contribution in [0.1, 0.15) is 28.4 Å². The number of carbonyl (C=O) groups excluding carboxylic acids is 1. The minimum atomic E-state index is -1.32. The Morgan fingerprint density at radius 1 is 0.893 bits per heavy atom. The van der Waals surface area contributed by atoms with E-state index in [4.69, 9.17) is 4.74 Å². The van der Waals surface area contributed by atoms with E-state index in [-0.39, 0.29) is 12.2 Å². The fraction of sp³-hybridized carbons (Fsp3) is 0.130. The summed E-state index contributed by atoms with van der Waals surface area (Å²) < 4.78 is 5.47. The van der Waals surface area contributed by atoms with Crippen molar-refractivity contribution in [3.8, 4) is 11.1 Å². The lowest BCUT2D eigenvalue weighted by atomic mass is 9.86. The molecule has 5 heteroatoms. The highest BCUT2D eigenvalue weighted by atomic mass is 16.5. The topological polar surface area (TPSA) is 75.6 Å². The van der Waals surface area contributed by atoms with Gasteiger partial charge in [-0.25, -0.2) is 9.59 Å². The van der Waals surface area contributed by atoms with Crippen molar-refractivity contribution in [2.24, 2.45) is 0 Å². The maximum absolute atomic E-state index is 13.3. The molecular formula is C23H19NO4. The van der Waals surface area contributed by atoms with Crippen molar-refractivity contribution in [2.45, 2.75) is 12.5 Å². The lowest BCUT2D eigenvalue weighted by Crippen LogP contribution is -2.44. The molecule has 4 rings (SSSR count). The molecule has 5 nitrogen and oxygen atoms in total. The molecule has 1 aliphatic rings. The standard InChI is InChI=1S/C23H19NO4/c1-2-28-22(27)23(24-20-14-8-5-11-17(20)21(25)26)18-12-6-3-9-15(18)16-10-4-7-13-19(16)23/h3-14,24H,2H2,1H3,(H,25,26). The zero-order chi connectivity index (χ0) is 19.7. The Kier molecular flexibility index (Phi) is 4.35. The molecule has 0 unspecified atom stereocenters. The van der Waals surface area contributed by atoms with E-state index in [2.05, 4.69) is 5.32 Å². The number of benzene rings is 3. The van der Waals surface area contributed by atoms with Gasteiger partial charge in [-0.15, -0.1) is 0 Å². The molecule has 3 aromatic carbocycles. The number of esters is 1. The van der Waals surface area contributed by atoms with E-state index >= 15 is 0 Å². The Balaban J connectivity index is 2.00. The van der Waals surface area contributed by atoms with Gasteiger partial charge in [0, 0.05) is 11.1 Å². The van der Waals surface area contributed by atoms with Gasteiger partial charge in [0.1, 0.15) is 0 Å². The van der Waals surface area contributed by atoms with Crippen molar-refractivity contribution in [1.29, 1.82) is 0 Å². The van der Waals surface area contributed by atoms with Crippen molar-refractivity contribution in [3.63, 3.8) is 0 Å². The third-order valence-electron chi connectivity index (χ3n) is 5.01. The predicted octanol–water partition coefficient (Wildman–Crippen LogP) is 4.28. The molecule has 0 heterocycles. The maximum Gasteiger partial charge on any atom is 0.341 e. The van der Waals surface area contributed by atoms with Crippen LogP contribution in [0, 0.1) is 0 Å². The van der Waals surface area contributed by atoms with E-state index < -0.39 is 17.5 Å². The molecule has 28 heavy (non-hydrogen) atoms. The van der Waals surface area contributed by atoms with Crippen LogP contribution in [0.15, 0.2) is 72.8 Å². The molecule has 0 aromatic heterocycles.